The summed E-state index contributed by atoms with van der Waals surface area (Å²) in [5, 5.41) is 0. The molecule has 0 N–H and O–H groups in total. The van der Waals surface area contributed by atoms with Gasteiger partial charge in [0.1, 0.15) is 12.4 Å². The Labute approximate surface area is 188 Å². The van der Waals surface area contributed by atoms with Crippen LogP contribution in [0.4, 0.5) is 0 Å². The molecular weight excluding hydrogens is 424 g/mol. The van der Waals surface area contributed by atoms with E-state index in [1.54, 1.807) is 11.0 Å². The highest BCUT2D eigenvalue weighted by Crippen LogP contribution is 2.26. The number of amides is 1. The number of hydrogen-bond donors (Lipinski definition) is 0. The Morgan fingerprint density at radius 3 is 2.47 bits per heavy atom. The maximum atomic E-state index is 13.2. The van der Waals surface area contributed by atoms with Crippen LogP contribution in [0.1, 0.15) is 29.8 Å². The third kappa shape index (κ3) is 3.82. The van der Waals surface area contributed by atoms with Gasteiger partial charge in [-0.15, -0.1) is 0 Å². The van der Waals surface area contributed by atoms with Gasteiger partial charge in [0.25, 0.3) is 0 Å². The lowest BCUT2D eigenvalue weighted by atomic mass is 9.92. The predicted molar refractivity (Wildman–Crippen MR) is 123 cm³/mol. The highest BCUT2D eigenvalue weighted by atomic mass is 32.2. The number of hydrogen-bond acceptors (Lipinski definition) is 4. The number of sulfonamides is 1. The van der Waals surface area contributed by atoms with E-state index in [2.05, 4.69) is 4.98 Å². The first kappa shape index (κ1) is 21.2. The molecule has 5 rings (SSSR count). The van der Waals surface area contributed by atoms with Crippen molar-refractivity contribution in [3.8, 4) is 0 Å². The van der Waals surface area contributed by atoms with E-state index < -0.39 is 10.0 Å². The minimum atomic E-state index is -3.55. The van der Waals surface area contributed by atoms with Crippen molar-refractivity contribution in [1.82, 2.24) is 18.8 Å². The Bertz CT molecular complexity index is 1270. The van der Waals surface area contributed by atoms with E-state index >= 15 is 0 Å². The van der Waals surface area contributed by atoms with Gasteiger partial charge in [0.15, 0.2) is 0 Å². The van der Waals surface area contributed by atoms with Gasteiger partial charge in [-0.25, -0.2) is 13.4 Å². The molecule has 1 amide bonds. The molecule has 7 nitrogen and oxygen atoms in total. The van der Waals surface area contributed by atoms with Crippen molar-refractivity contribution in [2.24, 2.45) is 0 Å². The highest BCUT2D eigenvalue weighted by Gasteiger charge is 2.31. The van der Waals surface area contributed by atoms with Crippen molar-refractivity contribution in [3.05, 3.63) is 59.4 Å². The van der Waals surface area contributed by atoms with E-state index in [1.165, 1.54) is 16.3 Å². The van der Waals surface area contributed by atoms with Crippen LogP contribution in [0.2, 0.25) is 0 Å². The fourth-order valence-electron chi connectivity index (χ4n) is 4.83. The van der Waals surface area contributed by atoms with Gasteiger partial charge in [0.05, 0.1) is 15.9 Å². The monoisotopic (exact) mass is 452 g/mol. The normalized spacial score (nSPS) is 17.5. The fraction of sp³-hybridized carbons (Fsp3) is 0.417. The molecule has 1 aliphatic heterocycles. The minimum Gasteiger partial charge on any atom is -0.339 e. The molecule has 0 radical (unpaired) electrons. The number of piperazine rings is 1. The number of imidazole rings is 1. The number of aromatic nitrogens is 2. The summed E-state index contributed by atoms with van der Waals surface area (Å²) in [7, 11) is -3.55. The van der Waals surface area contributed by atoms with Crippen molar-refractivity contribution in [1.29, 1.82) is 0 Å². The molecule has 168 valence electrons. The van der Waals surface area contributed by atoms with E-state index in [0.717, 1.165) is 41.7 Å². The number of aryl methyl sites for hydroxylation is 3. The Hall–Kier alpha value is -2.71. The van der Waals surface area contributed by atoms with Gasteiger partial charge in [0.2, 0.25) is 15.9 Å². The van der Waals surface area contributed by atoms with Crippen molar-refractivity contribution in [2.75, 3.05) is 26.2 Å². The van der Waals surface area contributed by atoms with Crippen molar-refractivity contribution < 1.29 is 13.2 Å². The summed E-state index contributed by atoms with van der Waals surface area (Å²) in [5.41, 5.74) is 4.24. The zero-order chi connectivity index (χ0) is 22.3. The van der Waals surface area contributed by atoms with Crippen LogP contribution in [0.25, 0.3) is 11.0 Å². The largest absolute Gasteiger partial charge is 0.339 e. The molecule has 0 spiro atoms. The molecule has 0 unspecified atom stereocenters. The Kier molecular flexibility index (Phi) is 5.51. The number of carbonyl (C=O) groups is 1. The second-order valence-electron chi connectivity index (χ2n) is 8.66. The van der Waals surface area contributed by atoms with E-state index in [0.29, 0.717) is 31.1 Å². The molecule has 2 aliphatic rings. The first-order valence-corrected chi connectivity index (χ1v) is 12.7. The molecule has 3 aromatic rings. The second kappa shape index (κ2) is 8.33. The molecule has 1 saturated heterocycles. The zero-order valence-electron chi connectivity index (χ0n) is 18.3. The van der Waals surface area contributed by atoms with Crippen molar-refractivity contribution >= 4 is 27.0 Å². The van der Waals surface area contributed by atoms with Crippen LogP contribution < -0.4 is 0 Å². The van der Waals surface area contributed by atoms with Gasteiger partial charge < -0.3 is 9.47 Å². The molecule has 2 heterocycles. The standard InChI is InChI=1S/C24H28N4O3S/c1-18-25-22-8-4-5-9-23(22)28(18)17-24(29)26-12-14-27(15-13-26)32(30,31)21-11-10-19-6-2-3-7-20(19)16-21/h4-5,8-11,16H,2-3,6-7,12-15,17H2,1H3. The number of nitrogens with zero attached hydrogens (tertiary/aromatic N) is 4. The van der Waals surface area contributed by atoms with Gasteiger partial charge in [0, 0.05) is 26.2 Å². The molecule has 0 saturated carbocycles. The number of para-hydroxylation sites is 2. The van der Waals surface area contributed by atoms with Gasteiger partial charge >= 0.3 is 0 Å². The lowest BCUT2D eigenvalue weighted by Gasteiger charge is -2.34. The third-order valence-corrected chi connectivity index (χ3v) is 8.58. The van der Waals surface area contributed by atoms with Crippen LogP contribution in [-0.2, 0) is 34.2 Å². The van der Waals surface area contributed by atoms with Gasteiger partial charge in [-0.1, -0.05) is 18.2 Å². The number of carbonyl (C=O) groups excluding carboxylic acids is 1. The van der Waals surface area contributed by atoms with E-state index in [9.17, 15) is 13.2 Å². The Morgan fingerprint density at radius 1 is 0.969 bits per heavy atom. The van der Waals surface area contributed by atoms with E-state index in [1.807, 2.05) is 47.9 Å². The molecular formula is C24H28N4O3S. The van der Waals surface area contributed by atoms with Gasteiger partial charge in [-0.2, -0.15) is 4.31 Å². The molecule has 1 aromatic heterocycles. The molecule has 0 bridgehead atoms. The summed E-state index contributed by atoms with van der Waals surface area (Å²) in [4.78, 5) is 19.6. The van der Waals surface area contributed by atoms with Crippen LogP contribution in [0.3, 0.4) is 0 Å². The van der Waals surface area contributed by atoms with Crippen LogP contribution in [-0.4, -0.2) is 59.3 Å². The molecule has 32 heavy (non-hydrogen) atoms. The van der Waals surface area contributed by atoms with Gasteiger partial charge in [-0.3, -0.25) is 4.79 Å². The number of fused-ring (bicyclic) bond motifs is 2. The van der Waals surface area contributed by atoms with Crippen LogP contribution in [0, 0.1) is 6.92 Å². The topological polar surface area (TPSA) is 75.5 Å². The average Bonchev–Trinajstić information content (AvgIpc) is 3.13. The zero-order valence-corrected chi connectivity index (χ0v) is 19.1. The van der Waals surface area contributed by atoms with Crippen LogP contribution in [0.15, 0.2) is 47.4 Å². The Morgan fingerprint density at radius 2 is 1.69 bits per heavy atom. The first-order chi connectivity index (χ1) is 15.4. The minimum absolute atomic E-state index is 0.0120. The predicted octanol–water partition coefficient (Wildman–Crippen LogP) is 2.76. The average molecular weight is 453 g/mol. The van der Waals surface area contributed by atoms with E-state index in [-0.39, 0.29) is 12.5 Å². The molecule has 0 atom stereocenters. The molecule has 1 fully saturated rings. The summed E-state index contributed by atoms with van der Waals surface area (Å²) in [6.07, 6.45) is 4.26. The number of benzene rings is 2. The van der Waals surface area contributed by atoms with Crippen LogP contribution >= 0.6 is 0 Å². The highest BCUT2D eigenvalue weighted by molar-refractivity contribution is 7.89. The Balaban J connectivity index is 1.26. The molecule has 2 aromatic carbocycles. The summed E-state index contributed by atoms with van der Waals surface area (Å²) in [6.45, 7) is 3.54. The SMILES string of the molecule is Cc1nc2ccccc2n1CC(=O)N1CCN(S(=O)(=O)c2ccc3c(c2)CCCC3)CC1. The summed E-state index contributed by atoms with van der Waals surface area (Å²) < 4.78 is 29.9. The lowest BCUT2D eigenvalue weighted by molar-refractivity contribution is -0.133. The third-order valence-electron chi connectivity index (χ3n) is 6.69. The van der Waals surface area contributed by atoms with Crippen molar-refractivity contribution in [2.45, 2.75) is 44.0 Å². The smallest absolute Gasteiger partial charge is 0.243 e. The summed E-state index contributed by atoms with van der Waals surface area (Å²) >= 11 is 0. The van der Waals surface area contributed by atoms with Gasteiger partial charge in [-0.05, 0) is 68.0 Å². The maximum Gasteiger partial charge on any atom is 0.243 e. The molecule has 1 aliphatic carbocycles. The van der Waals surface area contributed by atoms with Crippen molar-refractivity contribution in [3.63, 3.8) is 0 Å². The second-order valence-corrected chi connectivity index (χ2v) is 10.6. The summed E-state index contributed by atoms with van der Waals surface area (Å²) in [6, 6.07) is 13.3. The molecule has 8 heteroatoms. The van der Waals surface area contributed by atoms with E-state index in [4.69, 9.17) is 0 Å². The lowest BCUT2D eigenvalue weighted by Crippen LogP contribution is -2.51. The quantitative estimate of drug-likeness (QED) is 0.610. The first-order valence-electron chi connectivity index (χ1n) is 11.2. The van der Waals surface area contributed by atoms with Crippen LogP contribution in [0.5, 0.6) is 0 Å². The summed E-state index contributed by atoms with van der Waals surface area (Å²) in [5.74, 6) is 0.787. The maximum absolute atomic E-state index is 13.2. The number of rotatable bonds is 4. The fourth-order valence-corrected chi connectivity index (χ4v) is 6.30.